The summed E-state index contributed by atoms with van der Waals surface area (Å²) >= 11 is 6.81. The zero-order chi connectivity index (χ0) is 11.3. The first-order chi connectivity index (χ1) is 7.15. The van der Waals surface area contributed by atoms with E-state index in [4.69, 9.17) is 10.5 Å². The standard InChI is InChI=1S/C10H14Br2N2O/c1-15-4-2-3-9(13)10-8(12)5-7(11)6-14-10/h5-6,9H,2-4,13H2,1H3. The number of halogens is 2. The number of nitrogens with two attached hydrogens (primary N) is 1. The summed E-state index contributed by atoms with van der Waals surface area (Å²) in [6, 6.07) is 1.92. The van der Waals surface area contributed by atoms with Crippen molar-refractivity contribution in [1.29, 1.82) is 0 Å². The molecule has 84 valence electrons. The van der Waals surface area contributed by atoms with Gasteiger partial charge in [-0.2, -0.15) is 0 Å². The second kappa shape index (κ2) is 6.58. The number of rotatable bonds is 5. The largest absolute Gasteiger partial charge is 0.385 e. The maximum Gasteiger partial charge on any atom is 0.0713 e. The number of aromatic nitrogens is 1. The van der Waals surface area contributed by atoms with Gasteiger partial charge in [-0.15, -0.1) is 0 Å². The summed E-state index contributed by atoms with van der Waals surface area (Å²) in [6.07, 6.45) is 3.58. The van der Waals surface area contributed by atoms with Crippen molar-refractivity contribution < 1.29 is 4.74 Å². The van der Waals surface area contributed by atoms with Gasteiger partial charge in [0.05, 0.1) is 5.69 Å². The Hall–Kier alpha value is 0.0300. The fourth-order valence-corrected chi connectivity index (χ4v) is 2.56. The predicted octanol–water partition coefficient (Wildman–Crippen LogP) is 3.03. The molecule has 0 aliphatic rings. The lowest BCUT2D eigenvalue weighted by molar-refractivity contribution is 0.190. The van der Waals surface area contributed by atoms with Crippen molar-refractivity contribution in [2.24, 2.45) is 5.73 Å². The van der Waals surface area contributed by atoms with E-state index in [-0.39, 0.29) is 6.04 Å². The molecule has 0 radical (unpaired) electrons. The Morgan fingerprint density at radius 2 is 2.27 bits per heavy atom. The van der Waals surface area contributed by atoms with Gasteiger partial charge in [-0.25, -0.2) is 0 Å². The molecule has 1 aromatic heterocycles. The van der Waals surface area contributed by atoms with E-state index in [2.05, 4.69) is 36.8 Å². The Kier molecular flexibility index (Phi) is 5.74. The van der Waals surface area contributed by atoms with E-state index in [1.807, 2.05) is 6.07 Å². The first kappa shape index (κ1) is 13.1. The molecular formula is C10H14Br2N2O. The van der Waals surface area contributed by atoms with Crippen LogP contribution in [0.1, 0.15) is 24.6 Å². The average molecular weight is 338 g/mol. The zero-order valence-electron chi connectivity index (χ0n) is 8.54. The van der Waals surface area contributed by atoms with Gasteiger partial charge in [-0.3, -0.25) is 4.98 Å². The summed E-state index contributed by atoms with van der Waals surface area (Å²) in [5, 5.41) is 0. The first-order valence-electron chi connectivity index (χ1n) is 4.70. The van der Waals surface area contributed by atoms with Crippen LogP contribution in [0.4, 0.5) is 0 Å². The third-order valence-corrected chi connectivity index (χ3v) is 3.12. The van der Waals surface area contributed by atoms with Crippen LogP contribution in [0.3, 0.4) is 0 Å². The minimum atomic E-state index is -0.0392. The monoisotopic (exact) mass is 336 g/mol. The number of ether oxygens (including phenoxy) is 1. The molecule has 0 aromatic carbocycles. The van der Waals surface area contributed by atoms with E-state index in [1.54, 1.807) is 13.3 Å². The summed E-state index contributed by atoms with van der Waals surface area (Å²) in [7, 11) is 1.69. The maximum atomic E-state index is 6.02. The minimum absolute atomic E-state index is 0.0392. The molecule has 0 aliphatic carbocycles. The predicted molar refractivity (Wildman–Crippen MR) is 67.7 cm³/mol. The normalized spacial score (nSPS) is 12.8. The van der Waals surface area contributed by atoms with Gasteiger partial charge in [0.15, 0.2) is 0 Å². The zero-order valence-corrected chi connectivity index (χ0v) is 11.7. The van der Waals surface area contributed by atoms with Gasteiger partial charge in [0, 0.05) is 34.9 Å². The molecule has 0 saturated carbocycles. The lowest BCUT2D eigenvalue weighted by Gasteiger charge is -2.12. The van der Waals surface area contributed by atoms with Crippen molar-refractivity contribution in [3.63, 3.8) is 0 Å². The highest BCUT2D eigenvalue weighted by Gasteiger charge is 2.11. The highest BCUT2D eigenvalue weighted by molar-refractivity contribution is 9.11. The Morgan fingerprint density at radius 3 is 2.87 bits per heavy atom. The molecule has 2 N–H and O–H groups in total. The lowest BCUT2D eigenvalue weighted by atomic mass is 10.1. The average Bonchev–Trinajstić information content (AvgIpc) is 2.17. The molecule has 0 amide bonds. The third-order valence-electron chi connectivity index (χ3n) is 2.05. The van der Waals surface area contributed by atoms with Crippen molar-refractivity contribution in [3.8, 4) is 0 Å². The quantitative estimate of drug-likeness (QED) is 0.840. The lowest BCUT2D eigenvalue weighted by Crippen LogP contribution is -2.13. The van der Waals surface area contributed by atoms with Crippen LogP contribution < -0.4 is 5.73 Å². The second-order valence-corrected chi connectivity index (χ2v) is 5.03. The van der Waals surface area contributed by atoms with Gasteiger partial charge in [0.25, 0.3) is 0 Å². The maximum absolute atomic E-state index is 6.02. The van der Waals surface area contributed by atoms with Crippen molar-refractivity contribution >= 4 is 31.9 Å². The SMILES string of the molecule is COCCCC(N)c1ncc(Br)cc1Br. The Balaban J connectivity index is 2.61. The molecule has 1 aromatic rings. The Labute approximate surface area is 107 Å². The van der Waals surface area contributed by atoms with Crippen LogP contribution in [-0.4, -0.2) is 18.7 Å². The number of pyridine rings is 1. The van der Waals surface area contributed by atoms with Gasteiger partial charge in [-0.05, 0) is 50.8 Å². The molecule has 0 aliphatic heterocycles. The van der Waals surface area contributed by atoms with Gasteiger partial charge >= 0.3 is 0 Å². The molecule has 3 nitrogen and oxygen atoms in total. The first-order valence-corrected chi connectivity index (χ1v) is 6.29. The van der Waals surface area contributed by atoms with Crippen LogP contribution in [-0.2, 0) is 4.74 Å². The molecule has 0 spiro atoms. The number of methoxy groups -OCH3 is 1. The molecule has 1 heterocycles. The van der Waals surface area contributed by atoms with E-state index in [0.29, 0.717) is 0 Å². The van der Waals surface area contributed by atoms with Crippen LogP contribution >= 0.6 is 31.9 Å². The second-order valence-electron chi connectivity index (χ2n) is 3.26. The number of hydrogen-bond acceptors (Lipinski definition) is 3. The van der Waals surface area contributed by atoms with Crippen molar-refractivity contribution in [2.45, 2.75) is 18.9 Å². The van der Waals surface area contributed by atoms with Crippen molar-refractivity contribution in [2.75, 3.05) is 13.7 Å². The van der Waals surface area contributed by atoms with Crippen LogP contribution in [0.25, 0.3) is 0 Å². The smallest absolute Gasteiger partial charge is 0.0713 e. The summed E-state index contributed by atoms with van der Waals surface area (Å²) < 4.78 is 6.87. The number of hydrogen-bond donors (Lipinski definition) is 1. The molecule has 0 bridgehead atoms. The topological polar surface area (TPSA) is 48.1 Å². The molecule has 0 fully saturated rings. The molecule has 5 heteroatoms. The van der Waals surface area contributed by atoms with E-state index < -0.39 is 0 Å². The van der Waals surface area contributed by atoms with E-state index in [0.717, 1.165) is 34.1 Å². The van der Waals surface area contributed by atoms with Gasteiger partial charge in [0.1, 0.15) is 0 Å². The van der Waals surface area contributed by atoms with E-state index in [9.17, 15) is 0 Å². The van der Waals surface area contributed by atoms with Crippen LogP contribution in [0.2, 0.25) is 0 Å². The summed E-state index contributed by atoms with van der Waals surface area (Å²) in [4.78, 5) is 4.30. The molecule has 15 heavy (non-hydrogen) atoms. The molecule has 0 saturated heterocycles. The molecule has 1 rings (SSSR count). The fraction of sp³-hybridized carbons (Fsp3) is 0.500. The summed E-state index contributed by atoms with van der Waals surface area (Å²) in [6.45, 7) is 0.738. The fourth-order valence-electron chi connectivity index (χ4n) is 1.28. The highest BCUT2D eigenvalue weighted by atomic mass is 79.9. The third kappa shape index (κ3) is 4.18. The highest BCUT2D eigenvalue weighted by Crippen LogP contribution is 2.25. The van der Waals surface area contributed by atoms with Gasteiger partial charge < -0.3 is 10.5 Å². The molecule has 1 atom stereocenters. The van der Waals surface area contributed by atoms with Crippen molar-refractivity contribution in [1.82, 2.24) is 4.98 Å². The van der Waals surface area contributed by atoms with Crippen LogP contribution in [0.5, 0.6) is 0 Å². The van der Waals surface area contributed by atoms with Gasteiger partial charge in [0.2, 0.25) is 0 Å². The molecular weight excluding hydrogens is 324 g/mol. The summed E-state index contributed by atoms with van der Waals surface area (Å²) in [5.74, 6) is 0. The van der Waals surface area contributed by atoms with Crippen LogP contribution in [0.15, 0.2) is 21.2 Å². The minimum Gasteiger partial charge on any atom is -0.385 e. The van der Waals surface area contributed by atoms with Gasteiger partial charge in [-0.1, -0.05) is 0 Å². The molecule has 1 unspecified atom stereocenters. The summed E-state index contributed by atoms with van der Waals surface area (Å²) in [5.41, 5.74) is 6.92. The Bertz CT molecular complexity index is 320. The van der Waals surface area contributed by atoms with Crippen molar-refractivity contribution in [3.05, 3.63) is 26.9 Å². The Morgan fingerprint density at radius 1 is 1.53 bits per heavy atom. The van der Waals surface area contributed by atoms with Crippen LogP contribution in [0, 0.1) is 0 Å². The van der Waals surface area contributed by atoms with E-state index in [1.165, 1.54) is 0 Å². The number of nitrogens with zero attached hydrogens (tertiary/aromatic N) is 1. The van der Waals surface area contributed by atoms with E-state index >= 15 is 0 Å².